The van der Waals surface area contributed by atoms with Crippen LogP contribution in [0.3, 0.4) is 0 Å². The van der Waals surface area contributed by atoms with E-state index in [0.29, 0.717) is 0 Å². The lowest BCUT2D eigenvalue weighted by Gasteiger charge is -2.17. The van der Waals surface area contributed by atoms with Crippen LogP contribution in [0.5, 0.6) is 0 Å². The van der Waals surface area contributed by atoms with Crippen LogP contribution in [0.1, 0.15) is 37.0 Å². The van der Waals surface area contributed by atoms with E-state index >= 15 is 0 Å². The molecule has 18 heavy (non-hydrogen) atoms. The number of halogens is 2. The third-order valence-electron chi connectivity index (χ3n) is 2.83. The third-order valence-corrected chi connectivity index (χ3v) is 2.83. The van der Waals surface area contributed by atoms with Crippen molar-refractivity contribution in [1.29, 1.82) is 0 Å². The molecule has 0 saturated carbocycles. The number of nitrogens with one attached hydrogen (secondary N) is 1. The molecule has 1 rings (SSSR count). The van der Waals surface area contributed by atoms with E-state index in [0.717, 1.165) is 20.0 Å². The van der Waals surface area contributed by atoms with E-state index in [9.17, 15) is 13.6 Å². The molecule has 0 heterocycles. The van der Waals surface area contributed by atoms with E-state index in [1.54, 1.807) is 0 Å². The maximum Gasteiger partial charge on any atom is 0.340 e. The van der Waals surface area contributed by atoms with Gasteiger partial charge in [-0.05, 0) is 25.0 Å². The zero-order chi connectivity index (χ0) is 13.7. The van der Waals surface area contributed by atoms with Crippen LogP contribution >= 0.6 is 0 Å². The summed E-state index contributed by atoms with van der Waals surface area (Å²) in [5.41, 5.74) is -0.334. The highest BCUT2D eigenvalue weighted by atomic mass is 19.2. The number of carbonyl (C=O) groups excluding carboxylic acids is 1. The highest BCUT2D eigenvalue weighted by Crippen LogP contribution is 2.22. The molecule has 0 fully saturated rings. The minimum Gasteiger partial charge on any atom is -0.465 e. The monoisotopic (exact) mass is 257 g/mol. The van der Waals surface area contributed by atoms with Crippen LogP contribution in [-0.2, 0) is 4.74 Å². The van der Waals surface area contributed by atoms with Crippen molar-refractivity contribution in [3.63, 3.8) is 0 Å². The molecule has 0 unspecified atom stereocenters. The first-order valence-corrected chi connectivity index (χ1v) is 5.87. The Morgan fingerprint density at radius 1 is 1.28 bits per heavy atom. The smallest absolute Gasteiger partial charge is 0.340 e. The Morgan fingerprint density at radius 3 is 2.39 bits per heavy atom. The Kier molecular flexibility index (Phi) is 5.07. The summed E-state index contributed by atoms with van der Waals surface area (Å²) in [6.45, 7) is 3.91. The first-order valence-electron chi connectivity index (χ1n) is 5.87. The number of methoxy groups -OCH3 is 1. The molecule has 1 N–H and O–H groups in total. The Morgan fingerprint density at radius 2 is 1.89 bits per heavy atom. The van der Waals surface area contributed by atoms with Crippen molar-refractivity contribution in [2.75, 3.05) is 12.4 Å². The Hall–Kier alpha value is -1.65. The summed E-state index contributed by atoms with van der Waals surface area (Å²) in [6, 6.07) is 2.64. The molecule has 5 heteroatoms. The van der Waals surface area contributed by atoms with Crippen molar-refractivity contribution < 1.29 is 18.3 Å². The van der Waals surface area contributed by atoms with Gasteiger partial charge in [-0.15, -0.1) is 0 Å². The van der Waals surface area contributed by atoms with Crippen LogP contribution in [0.15, 0.2) is 12.1 Å². The molecule has 100 valence electrons. The van der Waals surface area contributed by atoms with Crippen LogP contribution < -0.4 is 5.32 Å². The topological polar surface area (TPSA) is 38.3 Å². The molecule has 0 saturated heterocycles. The molecule has 0 aliphatic heterocycles. The average molecular weight is 257 g/mol. The van der Waals surface area contributed by atoms with Crippen molar-refractivity contribution in [2.24, 2.45) is 0 Å². The molecule has 0 bridgehead atoms. The first kappa shape index (κ1) is 14.4. The maximum absolute atomic E-state index is 13.7. The number of benzene rings is 1. The quantitative estimate of drug-likeness (QED) is 0.822. The zero-order valence-corrected chi connectivity index (χ0v) is 10.7. The number of anilines is 1. The molecule has 0 spiro atoms. The molecule has 1 aromatic rings. The van der Waals surface area contributed by atoms with Gasteiger partial charge in [-0.2, -0.15) is 0 Å². The van der Waals surface area contributed by atoms with Gasteiger partial charge in [0.05, 0.1) is 18.4 Å². The van der Waals surface area contributed by atoms with Crippen LogP contribution in [0.2, 0.25) is 0 Å². The summed E-state index contributed by atoms with van der Waals surface area (Å²) in [5.74, 6) is -3.12. The number of rotatable bonds is 5. The Bertz CT molecular complexity index is 431. The number of esters is 1. The van der Waals surface area contributed by atoms with Gasteiger partial charge in [0.25, 0.3) is 0 Å². The van der Waals surface area contributed by atoms with Gasteiger partial charge >= 0.3 is 5.97 Å². The van der Waals surface area contributed by atoms with Crippen LogP contribution in [-0.4, -0.2) is 19.1 Å². The lowest BCUT2D eigenvalue weighted by atomic mass is 10.1. The van der Waals surface area contributed by atoms with Gasteiger partial charge in [-0.25, -0.2) is 13.6 Å². The van der Waals surface area contributed by atoms with Crippen molar-refractivity contribution in [3.8, 4) is 0 Å². The molecule has 0 aliphatic carbocycles. The molecule has 0 amide bonds. The Balaban J connectivity index is 3.04. The fourth-order valence-electron chi connectivity index (χ4n) is 1.64. The van der Waals surface area contributed by atoms with Crippen molar-refractivity contribution in [3.05, 3.63) is 29.3 Å². The number of hydrogen-bond donors (Lipinski definition) is 1. The Labute approximate surface area is 105 Å². The normalized spacial score (nSPS) is 10.6. The largest absolute Gasteiger partial charge is 0.465 e. The van der Waals surface area contributed by atoms with Crippen LogP contribution in [0.4, 0.5) is 14.5 Å². The summed E-state index contributed by atoms with van der Waals surface area (Å²) >= 11 is 0. The van der Waals surface area contributed by atoms with E-state index in [-0.39, 0.29) is 11.7 Å². The van der Waals surface area contributed by atoms with Crippen molar-refractivity contribution in [1.82, 2.24) is 0 Å². The van der Waals surface area contributed by atoms with E-state index < -0.39 is 23.2 Å². The van der Waals surface area contributed by atoms with E-state index in [1.165, 1.54) is 12.1 Å². The van der Waals surface area contributed by atoms with Gasteiger partial charge in [0.15, 0.2) is 11.6 Å². The SMILES string of the molecule is CCC(CC)Nc1ccc(C(=O)OC)c(F)c1F. The number of ether oxygens (including phenoxy) is 1. The van der Waals surface area contributed by atoms with Gasteiger partial charge < -0.3 is 10.1 Å². The summed E-state index contributed by atoms with van der Waals surface area (Å²) < 4.78 is 31.8. The van der Waals surface area contributed by atoms with Crippen LogP contribution in [0.25, 0.3) is 0 Å². The van der Waals surface area contributed by atoms with E-state index in [4.69, 9.17) is 0 Å². The summed E-state index contributed by atoms with van der Waals surface area (Å²) in [7, 11) is 1.12. The zero-order valence-electron chi connectivity index (χ0n) is 10.7. The first-order chi connectivity index (χ1) is 8.54. The van der Waals surface area contributed by atoms with E-state index in [2.05, 4.69) is 10.1 Å². The van der Waals surface area contributed by atoms with Crippen LogP contribution in [0, 0.1) is 11.6 Å². The van der Waals surface area contributed by atoms with Crippen molar-refractivity contribution >= 4 is 11.7 Å². The van der Waals surface area contributed by atoms with Gasteiger partial charge in [-0.3, -0.25) is 0 Å². The highest BCUT2D eigenvalue weighted by Gasteiger charge is 2.19. The van der Waals surface area contributed by atoms with Gasteiger partial charge in [0.2, 0.25) is 0 Å². The number of carbonyl (C=O) groups is 1. The van der Waals surface area contributed by atoms with Gasteiger partial charge in [0, 0.05) is 6.04 Å². The molecular weight excluding hydrogens is 240 g/mol. The minimum absolute atomic E-state index is 0.0638. The summed E-state index contributed by atoms with van der Waals surface area (Å²) in [4.78, 5) is 11.2. The molecule has 0 aromatic heterocycles. The van der Waals surface area contributed by atoms with Crippen molar-refractivity contribution in [2.45, 2.75) is 32.7 Å². The lowest BCUT2D eigenvalue weighted by Crippen LogP contribution is -2.19. The second-order valence-corrected chi connectivity index (χ2v) is 3.94. The second-order valence-electron chi connectivity index (χ2n) is 3.94. The molecule has 0 atom stereocenters. The third kappa shape index (κ3) is 2.97. The lowest BCUT2D eigenvalue weighted by molar-refractivity contribution is 0.0594. The molecule has 1 aromatic carbocycles. The highest BCUT2D eigenvalue weighted by molar-refractivity contribution is 5.90. The van der Waals surface area contributed by atoms with Gasteiger partial charge in [0.1, 0.15) is 0 Å². The standard InChI is InChI=1S/C13H17F2NO2/c1-4-8(5-2)16-10-7-6-9(13(17)18-3)11(14)12(10)15/h6-8,16H,4-5H2,1-3H3. The summed E-state index contributed by atoms with van der Waals surface area (Å²) in [5, 5.41) is 2.90. The summed E-state index contributed by atoms with van der Waals surface area (Å²) in [6.07, 6.45) is 1.60. The predicted octanol–water partition coefficient (Wildman–Crippen LogP) is 3.35. The second kappa shape index (κ2) is 6.33. The molecule has 0 radical (unpaired) electrons. The maximum atomic E-state index is 13.7. The fraction of sp³-hybridized carbons (Fsp3) is 0.462. The van der Waals surface area contributed by atoms with Gasteiger partial charge in [-0.1, -0.05) is 13.8 Å². The fourth-order valence-corrected chi connectivity index (χ4v) is 1.64. The molecule has 3 nitrogen and oxygen atoms in total. The molecule has 0 aliphatic rings. The average Bonchev–Trinajstić information content (AvgIpc) is 2.39. The predicted molar refractivity (Wildman–Crippen MR) is 65.7 cm³/mol. The number of hydrogen-bond acceptors (Lipinski definition) is 3. The molecular formula is C13H17F2NO2. The van der Waals surface area contributed by atoms with E-state index in [1.807, 2.05) is 13.8 Å². The minimum atomic E-state index is -1.18.